The van der Waals surface area contributed by atoms with E-state index in [1.54, 1.807) is 0 Å². The molecule has 0 heterocycles. The van der Waals surface area contributed by atoms with Gasteiger partial charge >= 0.3 is 0 Å². The summed E-state index contributed by atoms with van der Waals surface area (Å²) in [5.74, 6) is 0.793. The van der Waals surface area contributed by atoms with Crippen molar-refractivity contribution in [3.8, 4) is 11.1 Å². The highest BCUT2D eigenvalue weighted by atomic mass is 14.6. The van der Waals surface area contributed by atoms with Gasteiger partial charge in [-0.1, -0.05) is 149 Å². The zero-order valence-electron chi connectivity index (χ0n) is 21.7. The first kappa shape index (κ1) is 23.0. The van der Waals surface area contributed by atoms with Crippen LogP contribution in [0.25, 0.3) is 17.2 Å². The van der Waals surface area contributed by atoms with Crippen molar-refractivity contribution in [1.29, 1.82) is 0 Å². The average Bonchev–Trinajstić information content (AvgIpc) is 3.49. The van der Waals surface area contributed by atoms with E-state index in [-0.39, 0.29) is 16.7 Å². The Kier molecular flexibility index (Phi) is 5.72. The third-order valence-corrected chi connectivity index (χ3v) is 9.35. The summed E-state index contributed by atoms with van der Waals surface area (Å²) >= 11 is 0. The van der Waals surface area contributed by atoms with Gasteiger partial charge in [-0.25, -0.2) is 0 Å². The van der Waals surface area contributed by atoms with Crippen LogP contribution in [0.1, 0.15) is 73.8 Å². The molecule has 4 aromatic rings. The molecule has 0 saturated heterocycles. The van der Waals surface area contributed by atoms with Crippen LogP contribution in [0.4, 0.5) is 0 Å². The van der Waals surface area contributed by atoms with Crippen LogP contribution in [-0.4, -0.2) is 0 Å². The van der Waals surface area contributed by atoms with E-state index in [1.807, 2.05) is 0 Å². The highest BCUT2D eigenvalue weighted by molar-refractivity contribution is 5.81. The van der Waals surface area contributed by atoms with Crippen LogP contribution < -0.4 is 0 Å². The first-order chi connectivity index (χ1) is 17.7. The zero-order chi connectivity index (χ0) is 24.8. The fraction of sp³-hybridized carbons (Fsp3) is 0.278. The summed E-state index contributed by atoms with van der Waals surface area (Å²) < 4.78 is 0. The zero-order valence-corrected chi connectivity index (χ0v) is 21.7. The summed E-state index contributed by atoms with van der Waals surface area (Å²) in [6, 6.07) is 38.9. The quantitative estimate of drug-likeness (QED) is 0.253. The lowest BCUT2D eigenvalue weighted by Gasteiger charge is -2.55. The minimum Gasteiger partial charge on any atom is -0.0721 e. The van der Waals surface area contributed by atoms with Gasteiger partial charge < -0.3 is 0 Å². The van der Waals surface area contributed by atoms with Gasteiger partial charge in [0.25, 0.3) is 0 Å². The molecule has 0 aliphatic heterocycles. The second-order valence-electron chi connectivity index (χ2n) is 10.9. The molecular formula is C36H36. The molecule has 0 radical (unpaired) electrons. The van der Waals surface area contributed by atoms with Crippen LogP contribution in [0.5, 0.6) is 0 Å². The van der Waals surface area contributed by atoms with Crippen LogP contribution in [0.3, 0.4) is 0 Å². The molecule has 0 amide bonds. The number of fused-ring (bicyclic) bond motifs is 4. The largest absolute Gasteiger partial charge is 0.0721 e. The Morgan fingerprint density at radius 1 is 0.722 bits per heavy atom. The Bertz CT molecular complexity index is 1370. The first-order valence-corrected chi connectivity index (χ1v) is 13.7. The van der Waals surface area contributed by atoms with E-state index in [0.717, 1.165) is 6.42 Å². The van der Waals surface area contributed by atoms with Crippen LogP contribution in [0, 0.1) is 5.92 Å². The van der Waals surface area contributed by atoms with Crippen molar-refractivity contribution in [1.82, 2.24) is 0 Å². The molecule has 2 aliphatic carbocycles. The first-order valence-electron chi connectivity index (χ1n) is 13.7. The predicted molar refractivity (Wildman–Crippen MR) is 153 cm³/mol. The molecule has 180 valence electrons. The van der Waals surface area contributed by atoms with E-state index in [2.05, 4.69) is 136 Å². The highest BCUT2D eigenvalue weighted by Crippen LogP contribution is 2.65. The Hall–Kier alpha value is -3.38. The van der Waals surface area contributed by atoms with Crippen molar-refractivity contribution < 1.29 is 0 Å². The normalized spacial score (nSPS) is 20.4. The van der Waals surface area contributed by atoms with E-state index in [4.69, 9.17) is 0 Å². The molecule has 0 nitrogen and oxygen atoms in total. The number of rotatable bonds is 7. The molecule has 0 N–H and O–H groups in total. The van der Waals surface area contributed by atoms with Crippen LogP contribution >= 0.6 is 0 Å². The summed E-state index contributed by atoms with van der Waals surface area (Å²) in [6.45, 7) is 7.33. The molecule has 0 fully saturated rings. The van der Waals surface area contributed by atoms with Gasteiger partial charge in [-0.15, -0.1) is 0 Å². The Labute approximate surface area is 216 Å². The maximum absolute atomic E-state index is 2.61. The lowest BCUT2D eigenvalue weighted by atomic mass is 9.47. The second-order valence-corrected chi connectivity index (χ2v) is 10.9. The van der Waals surface area contributed by atoms with Crippen LogP contribution in [0.15, 0.2) is 109 Å². The van der Waals surface area contributed by atoms with Gasteiger partial charge in [0.1, 0.15) is 0 Å². The molecule has 0 aromatic heterocycles. The summed E-state index contributed by atoms with van der Waals surface area (Å²) in [7, 11) is 0. The van der Waals surface area contributed by atoms with Crippen molar-refractivity contribution in [3.63, 3.8) is 0 Å². The summed E-state index contributed by atoms with van der Waals surface area (Å²) in [6.07, 6.45) is 8.59. The Balaban J connectivity index is 1.74. The predicted octanol–water partition coefficient (Wildman–Crippen LogP) is 9.55. The van der Waals surface area contributed by atoms with E-state index in [9.17, 15) is 0 Å². The molecule has 4 aromatic carbocycles. The van der Waals surface area contributed by atoms with Gasteiger partial charge in [0.05, 0.1) is 0 Å². The molecule has 36 heavy (non-hydrogen) atoms. The number of allylic oxidation sites excluding steroid dienone is 1. The summed E-state index contributed by atoms with van der Waals surface area (Å²) in [5.41, 5.74) is 9.73. The molecule has 0 saturated carbocycles. The number of benzene rings is 4. The second kappa shape index (κ2) is 8.93. The highest BCUT2D eigenvalue weighted by Gasteiger charge is 2.59. The topological polar surface area (TPSA) is 0 Å². The number of hydrogen-bond acceptors (Lipinski definition) is 0. The third-order valence-electron chi connectivity index (χ3n) is 9.35. The fourth-order valence-corrected chi connectivity index (χ4v) is 7.87. The lowest BCUT2D eigenvalue weighted by molar-refractivity contribution is 0.163. The van der Waals surface area contributed by atoms with E-state index >= 15 is 0 Å². The van der Waals surface area contributed by atoms with Gasteiger partial charge in [-0.3, -0.25) is 0 Å². The number of hydrogen-bond donors (Lipinski definition) is 0. The van der Waals surface area contributed by atoms with Crippen LogP contribution in [-0.2, 0) is 10.8 Å². The van der Waals surface area contributed by atoms with Crippen molar-refractivity contribution in [3.05, 3.63) is 137 Å². The van der Waals surface area contributed by atoms with Crippen molar-refractivity contribution in [2.75, 3.05) is 0 Å². The van der Waals surface area contributed by atoms with Gasteiger partial charge in [0.15, 0.2) is 0 Å². The summed E-state index contributed by atoms with van der Waals surface area (Å²) in [4.78, 5) is 0. The maximum Gasteiger partial charge on any atom is 0.0272 e. The van der Waals surface area contributed by atoms with E-state index in [0.29, 0.717) is 5.92 Å². The maximum atomic E-state index is 2.61. The smallest absolute Gasteiger partial charge is 0.0272 e. The Morgan fingerprint density at radius 2 is 1.31 bits per heavy atom. The minimum atomic E-state index is -0.185. The minimum absolute atomic E-state index is 0.120. The SMILES string of the molecule is CCCC(CC)C1(C(C)(c2ccccc2)C2c3ccccc3-c3ccccc32)C=Cc2ccccc21. The molecule has 3 unspecified atom stereocenters. The summed E-state index contributed by atoms with van der Waals surface area (Å²) in [5, 5.41) is 0. The van der Waals surface area contributed by atoms with E-state index in [1.165, 1.54) is 51.8 Å². The van der Waals surface area contributed by atoms with Gasteiger partial charge in [0, 0.05) is 16.7 Å². The van der Waals surface area contributed by atoms with Gasteiger partial charge in [0.2, 0.25) is 0 Å². The van der Waals surface area contributed by atoms with E-state index < -0.39 is 0 Å². The molecule has 0 spiro atoms. The van der Waals surface area contributed by atoms with Crippen molar-refractivity contribution in [2.45, 2.75) is 56.8 Å². The van der Waals surface area contributed by atoms with Gasteiger partial charge in [-0.2, -0.15) is 0 Å². The molecule has 0 heteroatoms. The van der Waals surface area contributed by atoms with Crippen molar-refractivity contribution >= 4 is 6.08 Å². The third kappa shape index (κ3) is 3.07. The molecule has 2 aliphatic rings. The fourth-order valence-electron chi connectivity index (χ4n) is 7.87. The lowest BCUT2D eigenvalue weighted by Crippen LogP contribution is -2.53. The molecule has 0 bridgehead atoms. The molecular weight excluding hydrogens is 432 g/mol. The standard InChI is InChI=1S/C36H36/c1-4-15-27(5-2)36(25-24-26-16-9-14-23-33(26)36)35(3,28-17-7-6-8-18-28)34-31-21-12-10-19-29(31)30-20-11-13-22-32(30)34/h6-14,16-25,27,34H,4-5,15H2,1-3H3. The van der Waals surface area contributed by atoms with Crippen molar-refractivity contribution in [2.24, 2.45) is 5.92 Å². The molecule has 6 rings (SSSR count). The Morgan fingerprint density at radius 3 is 1.94 bits per heavy atom. The monoisotopic (exact) mass is 468 g/mol. The molecule has 3 atom stereocenters. The van der Waals surface area contributed by atoms with Crippen LogP contribution in [0.2, 0.25) is 0 Å². The average molecular weight is 469 g/mol. The van der Waals surface area contributed by atoms with Gasteiger partial charge in [-0.05, 0) is 51.3 Å².